The topological polar surface area (TPSA) is 21.8 Å². The molecule has 1 aliphatic rings. The van der Waals surface area contributed by atoms with Crippen LogP contribution in [0.4, 0.5) is 0 Å². The fraction of sp³-hybridized carbons (Fsp3) is 0.632. The molecule has 1 aromatic carbocycles. The Morgan fingerprint density at radius 1 is 1.15 bits per heavy atom. The standard InChI is InChI=1S/C19H30Cl2N4S/c1-3-23(4-2)9-5-8-22-19(26)25-12-10-24(11-13-25)15-16-6-7-17(20)14-18(16)21/h6-7,14H,3-5,8-13,15H2,1-2H3,(H,22,26). The minimum absolute atomic E-state index is 0.681. The molecule has 0 bridgehead atoms. The van der Waals surface area contributed by atoms with E-state index in [0.29, 0.717) is 5.02 Å². The van der Waals surface area contributed by atoms with Gasteiger partial charge in [0, 0.05) is 49.3 Å². The Labute approximate surface area is 173 Å². The van der Waals surface area contributed by atoms with Crippen LogP contribution in [0.5, 0.6) is 0 Å². The van der Waals surface area contributed by atoms with Crippen LogP contribution in [0, 0.1) is 0 Å². The largest absolute Gasteiger partial charge is 0.363 e. The van der Waals surface area contributed by atoms with Crippen LogP contribution in [-0.4, -0.2) is 72.2 Å². The Balaban J connectivity index is 1.68. The third-order valence-electron chi connectivity index (χ3n) is 4.89. The van der Waals surface area contributed by atoms with Gasteiger partial charge in [-0.3, -0.25) is 4.90 Å². The summed E-state index contributed by atoms with van der Waals surface area (Å²) in [5.41, 5.74) is 1.13. The summed E-state index contributed by atoms with van der Waals surface area (Å²) in [5, 5.41) is 5.72. The van der Waals surface area contributed by atoms with E-state index in [0.717, 1.165) is 81.0 Å². The van der Waals surface area contributed by atoms with Crippen molar-refractivity contribution in [1.82, 2.24) is 20.0 Å². The summed E-state index contributed by atoms with van der Waals surface area (Å²) >= 11 is 17.8. The quantitative estimate of drug-likeness (QED) is 0.513. The van der Waals surface area contributed by atoms with Gasteiger partial charge in [-0.25, -0.2) is 0 Å². The molecule has 0 aliphatic carbocycles. The second kappa shape index (κ2) is 11.3. The molecule has 26 heavy (non-hydrogen) atoms. The van der Waals surface area contributed by atoms with Gasteiger partial charge in [-0.05, 0) is 56.0 Å². The molecule has 1 saturated heterocycles. The fourth-order valence-electron chi connectivity index (χ4n) is 3.15. The molecule has 0 unspecified atom stereocenters. The molecule has 0 spiro atoms. The van der Waals surface area contributed by atoms with Crippen LogP contribution in [-0.2, 0) is 6.54 Å². The lowest BCUT2D eigenvalue weighted by Crippen LogP contribution is -2.51. The summed E-state index contributed by atoms with van der Waals surface area (Å²) in [6.07, 6.45) is 1.12. The molecule has 0 amide bonds. The Morgan fingerprint density at radius 3 is 2.46 bits per heavy atom. The van der Waals surface area contributed by atoms with E-state index in [9.17, 15) is 0 Å². The summed E-state index contributed by atoms with van der Waals surface area (Å²) in [4.78, 5) is 7.12. The molecular formula is C19H30Cl2N4S. The number of piperazine rings is 1. The van der Waals surface area contributed by atoms with Crippen molar-refractivity contribution >= 4 is 40.5 Å². The molecule has 2 rings (SSSR count). The van der Waals surface area contributed by atoms with Gasteiger partial charge in [0.05, 0.1) is 0 Å². The van der Waals surface area contributed by atoms with Gasteiger partial charge >= 0.3 is 0 Å². The highest BCUT2D eigenvalue weighted by molar-refractivity contribution is 7.80. The highest BCUT2D eigenvalue weighted by atomic mass is 35.5. The van der Waals surface area contributed by atoms with Crippen molar-refractivity contribution in [2.75, 3.05) is 52.4 Å². The van der Waals surface area contributed by atoms with Gasteiger partial charge in [-0.15, -0.1) is 0 Å². The average Bonchev–Trinajstić information content (AvgIpc) is 2.64. The van der Waals surface area contributed by atoms with Gasteiger partial charge in [0.15, 0.2) is 5.11 Å². The van der Waals surface area contributed by atoms with Crippen molar-refractivity contribution in [3.05, 3.63) is 33.8 Å². The molecule has 1 aromatic rings. The number of halogens is 2. The molecule has 1 aliphatic heterocycles. The zero-order valence-corrected chi connectivity index (χ0v) is 18.1. The molecule has 0 radical (unpaired) electrons. The minimum Gasteiger partial charge on any atom is -0.363 e. The lowest BCUT2D eigenvalue weighted by molar-refractivity contribution is 0.174. The summed E-state index contributed by atoms with van der Waals surface area (Å²) in [6.45, 7) is 13.4. The maximum atomic E-state index is 6.29. The number of hydrogen-bond donors (Lipinski definition) is 1. The maximum Gasteiger partial charge on any atom is 0.169 e. The number of rotatable bonds is 8. The van der Waals surface area contributed by atoms with Gasteiger partial charge in [-0.1, -0.05) is 43.1 Å². The Hall–Kier alpha value is -0.590. The summed E-state index contributed by atoms with van der Waals surface area (Å²) in [7, 11) is 0. The Morgan fingerprint density at radius 2 is 1.85 bits per heavy atom. The van der Waals surface area contributed by atoms with Gasteiger partial charge in [0.2, 0.25) is 0 Å². The van der Waals surface area contributed by atoms with Gasteiger partial charge in [0.1, 0.15) is 0 Å². The van der Waals surface area contributed by atoms with Crippen LogP contribution >= 0.6 is 35.4 Å². The van der Waals surface area contributed by atoms with Crippen molar-refractivity contribution in [2.24, 2.45) is 0 Å². The first-order valence-corrected chi connectivity index (χ1v) is 10.6. The first-order chi connectivity index (χ1) is 12.5. The van der Waals surface area contributed by atoms with Crippen molar-refractivity contribution in [3.63, 3.8) is 0 Å². The van der Waals surface area contributed by atoms with E-state index in [1.807, 2.05) is 18.2 Å². The predicted octanol–water partition coefficient (Wildman–Crippen LogP) is 3.72. The monoisotopic (exact) mass is 416 g/mol. The van der Waals surface area contributed by atoms with Crippen molar-refractivity contribution < 1.29 is 0 Å². The maximum absolute atomic E-state index is 6.29. The Bertz CT molecular complexity index is 573. The molecule has 1 fully saturated rings. The van der Waals surface area contributed by atoms with Crippen LogP contribution in [0.15, 0.2) is 18.2 Å². The molecule has 7 heteroatoms. The van der Waals surface area contributed by atoms with Crippen LogP contribution in [0.25, 0.3) is 0 Å². The minimum atomic E-state index is 0.681. The van der Waals surface area contributed by atoms with Gasteiger partial charge in [-0.2, -0.15) is 0 Å². The molecule has 146 valence electrons. The predicted molar refractivity (Wildman–Crippen MR) is 116 cm³/mol. The van der Waals surface area contributed by atoms with Crippen molar-refractivity contribution in [3.8, 4) is 0 Å². The third-order valence-corrected chi connectivity index (χ3v) is 5.88. The van der Waals surface area contributed by atoms with Gasteiger partial charge in [0.25, 0.3) is 0 Å². The third kappa shape index (κ3) is 6.86. The number of nitrogens with zero attached hydrogens (tertiary/aromatic N) is 3. The number of thiocarbonyl (C=S) groups is 1. The molecule has 1 N–H and O–H groups in total. The molecule has 0 aromatic heterocycles. The molecule has 0 saturated carbocycles. The second-order valence-electron chi connectivity index (χ2n) is 6.61. The fourth-order valence-corrected chi connectivity index (χ4v) is 3.90. The average molecular weight is 417 g/mol. The van der Waals surface area contributed by atoms with E-state index in [1.54, 1.807) is 0 Å². The van der Waals surface area contributed by atoms with E-state index in [4.69, 9.17) is 35.4 Å². The van der Waals surface area contributed by atoms with E-state index in [2.05, 4.69) is 33.9 Å². The zero-order chi connectivity index (χ0) is 18.9. The highest BCUT2D eigenvalue weighted by Crippen LogP contribution is 2.22. The molecule has 1 heterocycles. The first-order valence-electron chi connectivity index (χ1n) is 9.44. The van der Waals surface area contributed by atoms with Crippen LogP contribution in [0.3, 0.4) is 0 Å². The molecule has 0 atom stereocenters. The van der Waals surface area contributed by atoms with Crippen LogP contribution < -0.4 is 5.32 Å². The number of benzene rings is 1. The highest BCUT2D eigenvalue weighted by Gasteiger charge is 2.19. The van der Waals surface area contributed by atoms with Gasteiger partial charge < -0.3 is 15.1 Å². The number of hydrogen-bond acceptors (Lipinski definition) is 3. The van der Waals surface area contributed by atoms with Crippen molar-refractivity contribution in [1.29, 1.82) is 0 Å². The number of nitrogens with one attached hydrogen (secondary N) is 1. The zero-order valence-electron chi connectivity index (χ0n) is 15.8. The Kier molecular flexibility index (Phi) is 9.43. The summed E-state index contributed by atoms with van der Waals surface area (Å²) in [5.74, 6) is 0. The summed E-state index contributed by atoms with van der Waals surface area (Å²) in [6, 6.07) is 5.72. The summed E-state index contributed by atoms with van der Waals surface area (Å²) < 4.78 is 0. The smallest absolute Gasteiger partial charge is 0.169 e. The van der Waals surface area contributed by atoms with E-state index < -0.39 is 0 Å². The van der Waals surface area contributed by atoms with Crippen molar-refractivity contribution in [2.45, 2.75) is 26.8 Å². The van der Waals surface area contributed by atoms with E-state index in [-0.39, 0.29) is 0 Å². The van der Waals surface area contributed by atoms with E-state index in [1.165, 1.54) is 0 Å². The van der Waals surface area contributed by atoms with E-state index >= 15 is 0 Å². The normalized spacial score (nSPS) is 15.5. The molecular weight excluding hydrogens is 387 g/mol. The van der Waals surface area contributed by atoms with Crippen LogP contribution in [0.2, 0.25) is 10.0 Å². The second-order valence-corrected chi connectivity index (χ2v) is 7.84. The first kappa shape index (κ1) is 21.7. The lowest BCUT2D eigenvalue weighted by atomic mass is 10.2. The SMILES string of the molecule is CCN(CC)CCCNC(=S)N1CCN(Cc2ccc(Cl)cc2Cl)CC1. The lowest BCUT2D eigenvalue weighted by Gasteiger charge is -2.36. The van der Waals surface area contributed by atoms with Crippen LogP contribution in [0.1, 0.15) is 25.8 Å². The molecule has 4 nitrogen and oxygen atoms in total.